The zero-order valence-corrected chi connectivity index (χ0v) is 10.4. The van der Waals surface area contributed by atoms with Crippen LogP contribution < -0.4 is 10.6 Å². The molecule has 2 aromatic rings. The van der Waals surface area contributed by atoms with Crippen LogP contribution in [0.1, 0.15) is 5.69 Å². The van der Waals surface area contributed by atoms with Crippen molar-refractivity contribution in [3.05, 3.63) is 24.1 Å². The van der Waals surface area contributed by atoms with Crippen LogP contribution in [0.25, 0.3) is 0 Å². The van der Waals surface area contributed by atoms with Gasteiger partial charge >= 0.3 is 0 Å². The van der Waals surface area contributed by atoms with E-state index in [4.69, 9.17) is 4.52 Å². The topological polar surface area (TPSA) is 75.9 Å². The normalized spacial score (nSPS) is 10.2. The SMILES string of the molecule is CNc1cc(NCc2ccon2)nc(SC)n1. The first-order valence-electron chi connectivity index (χ1n) is 5.06. The Labute approximate surface area is 103 Å². The molecule has 0 saturated heterocycles. The Balaban J connectivity index is 2.09. The van der Waals surface area contributed by atoms with Crippen LogP contribution in [0.3, 0.4) is 0 Å². The number of aromatic nitrogens is 3. The standard InChI is InChI=1S/C10H13N5OS/c1-11-8-5-9(14-10(13-8)17-2)12-6-7-3-4-16-15-7/h3-5H,6H2,1-2H3,(H2,11,12,13,14). The Hall–Kier alpha value is -1.76. The molecule has 17 heavy (non-hydrogen) atoms. The molecule has 0 saturated carbocycles. The molecule has 2 rings (SSSR count). The maximum Gasteiger partial charge on any atom is 0.191 e. The average molecular weight is 251 g/mol. The number of thioether (sulfide) groups is 1. The van der Waals surface area contributed by atoms with Gasteiger partial charge < -0.3 is 15.2 Å². The molecule has 0 aliphatic heterocycles. The lowest BCUT2D eigenvalue weighted by Crippen LogP contribution is -2.04. The summed E-state index contributed by atoms with van der Waals surface area (Å²) in [6, 6.07) is 3.66. The van der Waals surface area contributed by atoms with E-state index in [0.29, 0.717) is 6.54 Å². The van der Waals surface area contributed by atoms with E-state index >= 15 is 0 Å². The van der Waals surface area contributed by atoms with Gasteiger partial charge in [-0.05, 0) is 6.26 Å². The molecule has 2 N–H and O–H groups in total. The lowest BCUT2D eigenvalue weighted by molar-refractivity contribution is 0.412. The molecular weight excluding hydrogens is 238 g/mol. The molecular formula is C10H13N5OS. The summed E-state index contributed by atoms with van der Waals surface area (Å²) in [7, 11) is 1.83. The van der Waals surface area contributed by atoms with Crippen molar-refractivity contribution in [3.63, 3.8) is 0 Å². The summed E-state index contributed by atoms with van der Waals surface area (Å²) in [5.41, 5.74) is 0.834. The zero-order chi connectivity index (χ0) is 12.1. The van der Waals surface area contributed by atoms with Crippen LogP contribution in [0, 0.1) is 0 Å². The molecule has 0 fully saturated rings. The highest BCUT2D eigenvalue weighted by Gasteiger charge is 2.03. The highest BCUT2D eigenvalue weighted by Crippen LogP contribution is 2.17. The van der Waals surface area contributed by atoms with Crippen molar-refractivity contribution >= 4 is 23.4 Å². The van der Waals surface area contributed by atoms with E-state index in [-0.39, 0.29) is 0 Å². The Morgan fingerprint density at radius 2 is 2.18 bits per heavy atom. The summed E-state index contributed by atoms with van der Waals surface area (Å²) in [5.74, 6) is 1.55. The molecule has 6 nitrogen and oxygen atoms in total. The Morgan fingerprint density at radius 3 is 2.82 bits per heavy atom. The molecule has 2 aromatic heterocycles. The zero-order valence-electron chi connectivity index (χ0n) is 9.60. The maximum atomic E-state index is 4.75. The third-order valence-corrected chi connectivity index (χ3v) is 2.63. The van der Waals surface area contributed by atoms with E-state index < -0.39 is 0 Å². The van der Waals surface area contributed by atoms with Crippen LogP contribution in [0.2, 0.25) is 0 Å². The van der Waals surface area contributed by atoms with Gasteiger partial charge in [-0.25, -0.2) is 9.97 Å². The van der Waals surface area contributed by atoms with Crippen molar-refractivity contribution in [2.45, 2.75) is 11.7 Å². The molecule has 90 valence electrons. The molecule has 2 heterocycles. The second kappa shape index (κ2) is 5.53. The first kappa shape index (κ1) is 11.7. The largest absolute Gasteiger partial charge is 0.373 e. The predicted octanol–water partition coefficient (Wildman–Crippen LogP) is 1.84. The van der Waals surface area contributed by atoms with Gasteiger partial charge in [0.25, 0.3) is 0 Å². The Kier molecular flexibility index (Phi) is 3.81. The molecule has 0 aliphatic rings. The molecule has 0 radical (unpaired) electrons. The van der Waals surface area contributed by atoms with Crippen molar-refractivity contribution in [1.82, 2.24) is 15.1 Å². The highest BCUT2D eigenvalue weighted by atomic mass is 32.2. The van der Waals surface area contributed by atoms with Crippen molar-refractivity contribution in [3.8, 4) is 0 Å². The Bertz CT molecular complexity index is 451. The third kappa shape index (κ3) is 3.10. The van der Waals surface area contributed by atoms with E-state index in [1.54, 1.807) is 6.26 Å². The van der Waals surface area contributed by atoms with Gasteiger partial charge in [0.15, 0.2) is 5.16 Å². The number of hydrogen-bond donors (Lipinski definition) is 2. The lowest BCUT2D eigenvalue weighted by atomic mass is 10.4. The second-order valence-electron chi connectivity index (χ2n) is 3.22. The van der Waals surface area contributed by atoms with E-state index in [0.717, 1.165) is 22.5 Å². The summed E-state index contributed by atoms with van der Waals surface area (Å²) in [4.78, 5) is 8.62. The van der Waals surface area contributed by atoms with Crippen molar-refractivity contribution in [1.29, 1.82) is 0 Å². The lowest BCUT2D eigenvalue weighted by Gasteiger charge is -2.07. The number of nitrogens with one attached hydrogen (secondary N) is 2. The van der Waals surface area contributed by atoms with Gasteiger partial charge in [-0.1, -0.05) is 16.9 Å². The van der Waals surface area contributed by atoms with Crippen molar-refractivity contribution in [2.75, 3.05) is 23.9 Å². The van der Waals surface area contributed by atoms with Crippen LogP contribution in [0.15, 0.2) is 28.1 Å². The van der Waals surface area contributed by atoms with Crippen molar-refractivity contribution in [2.24, 2.45) is 0 Å². The van der Waals surface area contributed by atoms with Crippen molar-refractivity contribution < 1.29 is 4.52 Å². The smallest absolute Gasteiger partial charge is 0.191 e. The molecule has 0 aliphatic carbocycles. The van der Waals surface area contributed by atoms with Gasteiger partial charge in [-0.3, -0.25) is 0 Å². The third-order valence-electron chi connectivity index (χ3n) is 2.09. The molecule has 0 amide bonds. The Morgan fingerprint density at radius 1 is 1.35 bits per heavy atom. The fourth-order valence-corrected chi connectivity index (χ4v) is 1.62. The van der Waals surface area contributed by atoms with Crippen LogP contribution in [0.5, 0.6) is 0 Å². The van der Waals surface area contributed by atoms with Gasteiger partial charge in [0.2, 0.25) is 0 Å². The highest BCUT2D eigenvalue weighted by molar-refractivity contribution is 7.98. The molecule has 7 heteroatoms. The molecule has 0 aromatic carbocycles. The van der Waals surface area contributed by atoms with E-state index in [2.05, 4.69) is 25.8 Å². The van der Waals surface area contributed by atoms with E-state index in [9.17, 15) is 0 Å². The van der Waals surface area contributed by atoms with Gasteiger partial charge in [0.1, 0.15) is 23.6 Å². The number of rotatable bonds is 5. The molecule has 0 spiro atoms. The first-order chi connectivity index (χ1) is 8.31. The van der Waals surface area contributed by atoms with Gasteiger partial charge in [0.05, 0.1) is 6.54 Å². The van der Waals surface area contributed by atoms with Crippen LogP contribution in [-0.2, 0) is 6.54 Å². The minimum absolute atomic E-state index is 0.574. The predicted molar refractivity (Wildman–Crippen MR) is 67.2 cm³/mol. The molecule has 0 unspecified atom stereocenters. The van der Waals surface area contributed by atoms with E-state index in [1.807, 2.05) is 25.4 Å². The summed E-state index contributed by atoms with van der Waals surface area (Å²) in [6.45, 7) is 0.574. The summed E-state index contributed by atoms with van der Waals surface area (Å²) >= 11 is 1.50. The summed E-state index contributed by atoms with van der Waals surface area (Å²) in [6.07, 6.45) is 3.49. The average Bonchev–Trinajstić information content (AvgIpc) is 2.89. The monoisotopic (exact) mass is 251 g/mol. The minimum Gasteiger partial charge on any atom is -0.373 e. The van der Waals surface area contributed by atoms with Crippen LogP contribution in [0.4, 0.5) is 11.6 Å². The van der Waals surface area contributed by atoms with Gasteiger partial charge in [-0.2, -0.15) is 0 Å². The van der Waals surface area contributed by atoms with E-state index in [1.165, 1.54) is 11.8 Å². The van der Waals surface area contributed by atoms with Gasteiger partial charge in [-0.15, -0.1) is 0 Å². The second-order valence-corrected chi connectivity index (χ2v) is 3.99. The maximum absolute atomic E-state index is 4.75. The first-order valence-corrected chi connectivity index (χ1v) is 6.28. The molecule has 0 atom stereocenters. The minimum atomic E-state index is 0.574. The fourth-order valence-electron chi connectivity index (χ4n) is 1.24. The molecule has 0 bridgehead atoms. The summed E-state index contributed by atoms with van der Waals surface area (Å²) < 4.78 is 4.75. The van der Waals surface area contributed by atoms with Crippen LogP contribution in [-0.4, -0.2) is 28.4 Å². The number of hydrogen-bond acceptors (Lipinski definition) is 7. The summed E-state index contributed by atoms with van der Waals surface area (Å²) in [5, 5.41) is 10.7. The number of nitrogens with zero attached hydrogens (tertiary/aromatic N) is 3. The fraction of sp³-hybridized carbons (Fsp3) is 0.300. The van der Waals surface area contributed by atoms with Gasteiger partial charge in [0, 0.05) is 19.2 Å². The quantitative estimate of drug-likeness (QED) is 0.620. The van der Waals surface area contributed by atoms with Crippen LogP contribution >= 0.6 is 11.8 Å². The number of anilines is 2.